The molecule has 13 heteroatoms. The van der Waals surface area contributed by atoms with Crippen molar-refractivity contribution >= 4 is 33.7 Å². The summed E-state index contributed by atoms with van der Waals surface area (Å²) in [5.41, 5.74) is -2.57. The average molecular weight is 531 g/mol. The van der Waals surface area contributed by atoms with Crippen LogP contribution in [-0.2, 0) is 29.3 Å². The highest BCUT2D eigenvalue weighted by molar-refractivity contribution is 7.86. The van der Waals surface area contributed by atoms with E-state index in [1.807, 2.05) is 27.7 Å². The summed E-state index contributed by atoms with van der Waals surface area (Å²) in [6, 6.07) is -3.23. The minimum Gasteiger partial charge on any atom is -0.374 e. The molecule has 5 N–H and O–H groups in total. The fourth-order valence-electron chi connectivity index (χ4n) is 5.85. The molecule has 3 rings (SSSR count). The van der Waals surface area contributed by atoms with Crippen LogP contribution >= 0.6 is 0 Å². The fraction of sp³-hybridized carbons (Fsp3) is 0.826. The van der Waals surface area contributed by atoms with Gasteiger partial charge in [-0.05, 0) is 42.4 Å². The number of amides is 4. The molecule has 12 nitrogen and oxygen atoms in total. The Morgan fingerprint density at radius 2 is 1.86 bits per heavy atom. The first-order valence-corrected chi connectivity index (χ1v) is 13.9. The molecule has 2 aliphatic heterocycles. The number of hydrogen-bond donors (Lipinski definition) is 5. The molecule has 2 saturated heterocycles. The highest BCUT2D eigenvalue weighted by atomic mass is 32.2. The summed E-state index contributed by atoms with van der Waals surface area (Å²) in [4.78, 5) is 52.3. The summed E-state index contributed by atoms with van der Waals surface area (Å²) in [7, 11) is -4.95. The molecule has 0 aromatic heterocycles. The number of carbonyl (C=O) groups excluding carboxylic acids is 4. The quantitative estimate of drug-likeness (QED) is 0.228. The first-order valence-electron chi connectivity index (χ1n) is 12.4. The third-order valence-corrected chi connectivity index (χ3v) is 8.76. The number of fused-ring (bicyclic) bond motifs is 1. The van der Waals surface area contributed by atoms with Crippen LogP contribution < -0.4 is 16.0 Å². The number of rotatable bonds is 10. The lowest BCUT2D eigenvalue weighted by Gasteiger charge is -2.34. The number of aliphatic hydroxyl groups excluding tert-OH is 1. The Hall–Kier alpha value is -2.25. The maximum Gasteiger partial charge on any atom is 0.294 e. The third kappa shape index (κ3) is 5.83. The standard InChI is InChI=1S/C23H38N4O8S/c1-11(2)8-15(25-12(3)28)21(31)27-10-14-17(23(14,4)5)18(27)20(30)26-16(22(32)36(33,34)35)9-13-6-7-24-19(13)29/h11,13-18,22,32H,6-10H2,1-5H3,(H,24,29)(H,25,28)(H,26,30)(H,33,34,35)/t13-,14-,15-,16-,17-,18-,22?/m0/s1. The van der Waals surface area contributed by atoms with Crippen molar-refractivity contribution in [2.24, 2.45) is 29.1 Å². The first-order chi connectivity index (χ1) is 16.6. The van der Waals surface area contributed by atoms with E-state index in [9.17, 15) is 37.3 Å². The van der Waals surface area contributed by atoms with Gasteiger partial charge in [0.15, 0.2) is 0 Å². The van der Waals surface area contributed by atoms with Gasteiger partial charge in [0.1, 0.15) is 12.1 Å². The molecule has 1 aliphatic carbocycles. The van der Waals surface area contributed by atoms with E-state index in [4.69, 9.17) is 0 Å². The lowest BCUT2D eigenvalue weighted by molar-refractivity contribution is -0.143. The third-order valence-electron chi connectivity index (χ3n) is 7.82. The normalized spacial score (nSPS) is 29.2. The highest BCUT2D eigenvalue weighted by Crippen LogP contribution is 2.65. The number of piperidine rings is 1. The van der Waals surface area contributed by atoms with Crippen LogP contribution in [0, 0.1) is 29.1 Å². The zero-order valence-corrected chi connectivity index (χ0v) is 22.2. The van der Waals surface area contributed by atoms with Gasteiger partial charge in [0, 0.05) is 25.9 Å². The number of carbonyl (C=O) groups is 4. The van der Waals surface area contributed by atoms with Crippen molar-refractivity contribution in [1.82, 2.24) is 20.9 Å². The molecule has 1 saturated carbocycles. The van der Waals surface area contributed by atoms with Gasteiger partial charge in [0.25, 0.3) is 10.1 Å². The maximum absolute atomic E-state index is 13.6. The Bertz CT molecular complexity index is 1010. The second-order valence-electron chi connectivity index (χ2n) is 11.3. The second kappa shape index (κ2) is 10.3. The zero-order valence-electron chi connectivity index (χ0n) is 21.4. The number of hydrogen-bond acceptors (Lipinski definition) is 7. The van der Waals surface area contributed by atoms with Crippen LogP contribution in [0.2, 0.25) is 0 Å². The van der Waals surface area contributed by atoms with Gasteiger partial charge < -0.3 is 26.0 Å². The Balaban J connectivity index is 1.86. The Kier molecular flexibility index (Phi) is 8.07. The predicted octanol–water partition coefficient (Wildman–Crippen LogP) is -0.763. The van der Waals surface area contributed by atoms with Crippen molar-refractivity contribution in [3.05, 3.63) is 0 Å². The van der Waals surface area contributed by atoms with Gasteiger partial charge in [-0.3, -0.25) is 23.7 Å². The molecule has 7 atom stereocenters. The zero-order chi connectivity index (χ0) is 27.2. The number of nitrogens with zero attached hydrogens (tertiary/aromatic N) is 1. The van der Waals surface area contributed by atoms with Gasteiger partial charge in [-0.15, -0.1) is 0 Å². The molecule has 0 spiro atoms. The van der Waals surface area contributed by atoms with E-state index < -0.39 is 51.4 Å². The van der Waals surface area contributed by atoms with E-state index in [2.05, 4.69) is 16.0 Å². The lowest BCUT2D eigenvalue weighted by atomic mass is 9.96. The van der Waals surface area contributed by atoms with E-state index in [-0.39, 0.29) is 41.4 Å². The SMILES string of the molecule is CC(=O)N[C@@H](CC(C)C)C(=O)N1C[C@H]2[C@@H]([C@H]1C(=O)N[C@@H](C[C@@H]1CCNC1=O)C(O)S(=O)(=O)O)C2(C)C. The van der Waals surface area contributed by atoms with Crippen LogP contribution in [0.3, 0.4) is 0 Å². The number of aliphatic hydroxyl groups is 1. The molecule has 0 aromatic carbocycles. The molecular formula is C23H38N4O8S. The van der Waals surface area contributed by atoms with Gasteiger partial charge in [0.05, 0.1) is 6.04 Å². The molecule has 3 aliphatic rings. The van der Waals surface area contributed by atoms with Crippen molar-refractivity contribution in [3.63, 3.8) is 0 Å². The van der Waals surface area contributed by atoms with Gasteiger partial charge >= 0.3 is 0 Å². The van der Waals surface area contributed by atoms with E-state index >= 15 is 0 Å². The topological polar surface area (TPSA) is 182 Å². The number of nitrogens with one attached hydrogen (secondary N) is 3. The van der Waals surface area contributed by atoms with Crippen molar-refractivity contribution in [2.75, 3.05) is 13.1 Å². The Morgan fingerprint density at radius 1 is 1.22 bits per heavy atom. The van der Waals surface area contributed by atoms with Gasteiger partial charge in [-0.1, -0.05) is 27.7 Å². The molecule has 204 valence electrons. The van der Waals surface area contributed by atoms with E-state index in [0.29, 0.717) is 25.9 Å². The molecule has 2 heterocycles. The van der Waals surface area contributed by atoms with E-state index in [1.165, 1.54) is 11.8 Å². The molecule has 0 radical (unpaired) electrons. The summed E-state index contributed by atoms with van der Waals surface area (Å²) in [5, 5.41) is 18.1. The van der Waals surface area contributed by atoms with Crippen LogP contribution in [0.5, 0.6) is 0 Å². The van der Waals surface area contributed by atoms with Crippen molar-refractivity contribution in [1.29, 1.82) is 0 Å². The van der Waals surface area contributed by atoms with Crippen LogP contribution in [0.4, 0.5) is 0 Å². The summed E-state index contributed by atoms with van der Waals surface area (Å²) in [6.07, 6.45) is 0.574. The summed E-state index contributed by atoms with van der Waals surface area (Å²) in [6.45, 7) is 9.80. The maximum atomic E-state index is 13.6. The van der Waals surface area contributed by atoms with Crippen LogP contribution in [0.1, 0.15) is 53.9 Å². The Morgan fingerprint density at radius 3 is 2.36 bits per heavy atom. The smallest absolute Gasteiger partial charge is 0.294 e. The lowest BCUT2D eigenvalue weighted by Crippen LogP contribution is -2.58. The molecule has 0 bridgehead atoms. The van der Waals surface area contributed by atoms with Gasteiger partial charge in [-0.25, -0.2) is 0 Å². The van der Waals surface area contributed by atoms with Gasteiger partial charge in [-0.2, -0.15) is 8.42 Å². The van der Waals surface area contributed by atoms with Crippen LogP contribution in [0.25, 0.3) is 0 Å². The van der Waals surface area contributed by atoms with Crippen molar-refractivity contribution in [3.8, 4) is 0 Å². The molecule has 36 heavy (non-hydrogen) atoms. The molecule has 4 amide bonds. The summed E-state index contributed by atoms with van der Waals surface area (Å²) in [5.74, 6) is -2.47. The molecule has 1 unspecified atom stereocenters. The van der Waals surface area contributed by atoms with Crippen LogP contribution in [0.15, 0.2) is 0 Å². The minimum atomic E-state index is -4.95. The first kappa shape index (κ1) is 28.3. The van der Waals surface area contributed by atoms with E-state index in [0.717, 1.165) is 0 Å². The van der Waals surface area contributed by atoms with Crippen LogP contribution in [-0.4, -0.2) is 83.3 Å². The highest BCUT2D eigenvalue weighted by Gasteiger charge is 2.69. The fourth-order valence-corrected chi connectivity index (χ4v) is 6.44. The second-order valence-corrected chi connectivity index (χ2v) is 12.8. The number of likely N-dealkylation sites (tertiary alicyclic amines) is 1. The largest absolute Gasteiger partial charge is 0.374 e. The average Bonchev–Trinajstić information content (AvgIpc) is 3.09. The molecule has 3 fully saturated rings. The summed E-state index contributed by atoms with van der Waals surface area (Å²) >= 11 is 0. The molecular weight excluding hydrogens is 492 g/mol. The van der Waals surface area contributed by atoms with Crippen molar-refractivity contribution < 1.29 is 37.3 Å². The van der Waals surface area contributed by atoms with Crippen molar-refractivity contribution in [2.45, 2.75) is 77.4 Å². The minimum absolute atomic E-state index is 0.0415. The Labute approximate surface area is 211 Å². The molecule has 0 aromatic rings. The van der Waals surface area contributed by atoms with E-state index in [1.54, 1.807) is 0 Å². The monoisotopic (exact) mass is 530 g/mol. The van der Waals surface area contributed by atoms with Gasteiger partial charge in [0.2, 0.25) is 29.1 Å². The predicted molar refractivity (Wildman–Crippen MR) is 129 cm³/mol. The summed E-state index contributed by atoms with van der Waals surface area (Å²) < 4.78 is 32.9.